The molecule has 0 aliphatic heterocycles. The molecule has 0 aromatic heterocycles. The van der Waals surface area contributed by atoms with Gasteiger partial charge in [-0.25, -0.2) is 4.39 Å². The molecule has 0 saturated heterocycles. The van der Waals surface area contributed by atoms with E-state index >= 15 is 0 Å². The number of aliphatic hydroxyl groups excluding tert-OH is 1. The van der Waals surface area contributed by atoms with E-state index in [0.717, 1.165) is 24.9 Å². The van der Waals surface area contributed by atoms with Crippen molar-refractivity contribution in [1.29, 1.82) is 5.41 Å². The van der Waals surface area contributed by atoms with Crippen molar-refractivity contribution < 1.29 is 9.50 Å². The number of hydrogen-bond donors (Lipinski definition) is 3. The molecule has 0 aliphatic carbocycles. The van der Waals surface area contributed by atoms with Crippen molar-refractivity contribution in [2.45, 2.75) is 26.3 Å². The van der Waals surface area contributed by atoms with Gasteiger partial charge in [0.25, 0.3) is 0 Å². The summed E-state index contributed by atoms with van der Waals surface area (Å²) in [4.78, 5) is 2.07. The molecule has 0 spiro atoms. The first kappa shape index (κ1) is 15.6. The molecular weight excluding hydrogens is 245 g/mol. The molecule has 0 fully saturated rings. The number of nitrogen functional groups attached to an aromatic ring is 1. The molecule has 4 nitrogen and oxygen atoms in total. The lowest BCUT2D eigenvalue weighted by Crippen LogP contribution is -2.27. The topological polar surface area (TPSA) is 73.3 Å². The van der Waals surface area contributed by atoms with Gasteiger partial charge in [-0.1, -0.05) is 13.3 Å². The largest absolute Gasteiger partial charge is 0.395 e. The Morgan fingerprint density at radius 3 is 2.68 bits per heavy atom. The number of amidine groups is 1. The Kier molecular flexibility index (Phi) is 6.45. The Hall–Kier alpha value is -1.46. The molecule has 0 saturated carbocycles. The van der Waals surface area contributed by atoms with Gasteiger partial charge in [0.2, 0.25) is 0 Å². The van der Waals surface area contributed by atoms with Gasteiger partial charge in [-0.15, -0.1) is 0 Å². The minimum absolute atomic E-state index is 0.0819. The zero-order valence-electron chi connectivity index (χ0n) is 11.3. The zero-order chi connectivity index (χ0) is 14.3. The second-order valence-electron chi connectivity index (χ2n) is 4.62. The predicted octanol–water partition coefficient (Wildman–Crippen LogP) is 1.70. The fourth-order valence-electron chi connectivity index (χ4n) is 1.95. The first-order valence-corrected chi connectivity index (χ1v) is 6.54. The molecule has 19 heavy (non-hydrogen) atoms. The number of nitrogens with one attached hydrogen (secondary N) is 1. The van der Waals surface area contributed by atoms with E-state index in [2.05, 4.69) is 11.8 Å². The highest BCUT2D eigenvalue weighted by Gasteiger charge is 2.08. The van der Waals surface area contributed by atoms with Crippen molar-refractivity contribution >= 4 is 5.84 Å². The summed E-state index contributed by atoms with van der Waals surface area (Å²) in [5.41, 5.74) is 6.55. The summed E-state index contributed by atoms with van der Waals surface area (Å²) >= 11 is 0. The fraction of sp³-hybridized carbons (Fsp3) is 0.500. The average molecular weight is 267 g/mol. The molecule has 0 aliphatic rings. The number of benzene rings is 1. The summed E-state index contributed by atoms with van der Waals surface area (Å²) < 4.78 is 13.5. The van der Waals surface area contributed by atoms with Gasteiger partial charge in [-0.2, -0.15) is 0 Å². The number of aliphatic hydroxyl groups is 1. The molecule has 1 aromatic carbocycles. The second-order valence-corrected chi connectivity index (χ2v) is 4.62. The van der Waals surface area contributed by atoms with Crippen molar-refractivity contribution in [3.63, 3.8) is 0 Å². The number of hydrogen-bond acceptors (Lipinski definition) is 3. The highest BCUT2D eigenvalue weighted by molar-refractivity contribution is 5.95. The third-order valence-electron chi connectivity index (χ3n) is 2.92. The lowest BCUT2D eigenvalue weighted by molar-refractivity contribution is 0.188. The Labute approximate surface area is 113 Å². The SMILES string of the molecule is CCCCN(CCO)Cc1cc(F)cc(C(=N)N)c1. The predicted molar refractivity (Wildman–Crippen MR) is 74.7 cm³/mol. The maximum atomic E-state index is 13.5. The smallest absolute Gasteiger partial charge is 0.124 e. The molecule has 106 valence electrons. The van der Waals surface area contributed by atoms with E-state index in [1.807, 2.05) is 0 Å². The van der Waals surface area contributed by atoms with Gasteiger partial charge in [0, 0.05) is 18.7 Å². The van der Waals surface area contributed by atoms with Crippen LogP contribution in [0.5, 0.6) is 0 Å². The summed E-state index contributed by atoms with van der Waals surface area (Å²) in [6.45, 7) is 4.17. The van der Waals surface area contributed by atoms with E-state index in [-0.39, 0.29) is 18.3 Å². The number of nitrogens with zero attached hydrogens (tertiary/aromatic N) is 1. The zero-order valence-corrected chi connectivity index (χ0v) is 11.3. The fourth-order valence-corrected chi connectivity index (χ4v) is 1.95. The van der Waals surface area contributed by atoms with Crippen molar-refractivity contribution in [1.82, 2.24) is 4.90 Å². The van der Waals surface area contributed by atoms with E-state index in [0.29, 0.717) is 18.7 Å². The van der Waals surface area contributed by atoms with Crippen LogP contribution in [0.25, 0.3) is 0 Å². The summed E-state index contributed by atoms with van der Waals surface area (Å²) in [7, 11) is 0. The molecule has 0 atom stereocenters. The van der Waals surface area contributed by atoms with Crippen molar-refractivity contribution in [3.8, 4) is 0 Å². The van der Waals surface area contributed by atoms with E-state index in [1.165, 1.54) is 12.1 Å². The van der Waals surface area contributed by atoms with Crippen LogP contribution >= 0.6 is 0 Å². The number of rotatable bonds is 8. The summed E-state index contributed by atoms with van der Waals surface area (Å²) in [5.74, 6) is -0.523. The standard InChI is InChI=1S/C14H22FN3O/c1-2-3-4-18(5-6-19)10-11-7-12(14(16)17)9-13(15)8-11/h7-9,19H,2-6,10H2,1H3,(H3,16,17). The molecule has 1 aromatic rings. The van der Waals surface area contributed by atoms with Crippen LogP contribution in [0.1, 0.15) is 30.9 Å². The summed E-state index contributed by atoms with van der Waals surface area (Å²) in [6, 6.07) is 4.43. The maximum absolute atomic E-state index is 13.5. The summed E-state index contributed by atoms with van der Waals surface area (Å²) in [5, 5.41) is 16.4. The van der Waals surface area contributed by atoms with E-state index < -0.39 is 0 Å². The molecule has 0 heterocycles. The van der Waals surface area contributed by atoms with Gasteiger partial charge in [0.15, 0.2) is 0 Å². The van der Waals surface area contributed by atoms with Gasteiger partial charge in [0.05, 0.1) is 6.61 Å². The third kappa shape index (κ3) is 5.36. The van der Waals surface area contributed by atoms with E-state index in [4.69, 9.17) is 16.2 Å². The normalized spacial score (nSPS) is 10.9. The maximum Gasteiger partial charge on any atom is 0.124 e. The molecular formula is C14H22FN3O. The number of nitrogens with two attached hydrogens (primary N) is 1. The van der Waals surface area contributed by atoms with Gasteiger partial charge >= 0.3 is 0 Å². The van der Waals surface area contributed by atoms with Crippen LogP contribution in [0.4, 0.5) is 4.39 Å². The molecule has 0 unspecified atom stereocenters. The van der Waals surface area contributed by atoms with Crippen LogP contribution in [-0.4, -0.2) is 35.5 Å². The van der Waals surface area contributed by atoms with Crippen molar-refractivity contribution in [2.24, 2.45) is 5.73 Å². The Morgan fingerprint density at radius 2 is 2.11 bits per heavy atom. The highest BCUT2D eigenvalue weighted by Crippen LogP contribution is 2.12. The Morgan fingerprint density at radius 1 is 1.37 bits per heavy atom. The quantitative estimate of drug-likeness (QED) is 0.496. The van der Waals surface area contributed by atoms with Gasteiger partial charge in [-0.05, 0) is 36.7 Å². The highest BCUT2D eigenvalue weighted by atomic mass is 19.1. The Bertz CT molecular complexity index is 423. The first-order chi connectivity index (χ1) is 9.06. The van der Waals surface area contributed by atoms with E-state index in [9.17, 15) is 4.39 Å². The summed E-state index contributed by atoms with van der Waals surface area (Å²) in [6.07, 6.45) is 2.11. The molecule has 0 radical (unpaired) electrons. The lowest BCUT2D eigenvalue weighted by Gasteiger charge is -2.21. The third-order valence-corrected chi connectivity index (χ3v) is 2.92. The monoisotopic (exact) mass is 267 g/mol. The van der Waals surface area contributed by atoms with Gasteiger partial charge in [-0.3, -0.25) is 10.3 Å². The van der Waals surface area contributed by atoms with Crippen LogP contribution in [0.3, 0.4) is 0 Å². The van der Waals surface area contributed by atoms with Crippen LogP contribution in [0.15, 0.2) is 18.2 Å². The minimum Gasteiger partial charge on any atom is -0.395 e. The lowest BCUT2D eigenvalue weighted by atomic mass is 10.1. The van der Waals surface area contributed by atoms with E-state index in [1.54, 1.807) is 6.07 Å². The Balaban J connectivity index is 2.79. The molecule has 0 bridgehead atoms. The minimum atomic E-state index is -0.387. The van der Waals surface area contributed by atoms with Gasteiger partial charge in [0.1, 0.15) is 11.7 Å². The number of unbranched alkanes of at least 4 members (excludes halogenated alkanes) is 1. The second kappa shape index (κ2) is 7.86. The number of halogens is 1. The molecule has 5 heteroatoms. The molecule has 1 rings (SSSR count). The van der Waals surface area contributed by atoms with Crippen LogP contribution in [0, 0.1) is 11.2 Å². The first-order valence-electron chi connectivity index (χ1n) is 6.54. The van der Waals surface area contributed by atoms with Gasteiger partial charge < -0.3 is 10.8 Å². The molecule has 0 amide bonds. The average Bonchev–Trinajstić information content (AvgIpc) is 2.35. The van der Waals surface area contributed by atoms with Crippen LogP contribution in [0.2, 0.25) is 0 Å². The van der Waals surface area contributed by atoms with Crippen molar-refractivity contribution in [3.05, 3.63) is 35.1 Å². The van der Waals surface area contributed by atoms with Crippen molar-refractivity contribution in [2.75, 3.05) is 19.7 Å². The van der Waals surface area contributed by atoms with Crippen LogP contribution < -0.4 is 5.73 Å². The molecule has 4 N–H and O–H groups in total. The van der Waals surface area contributed by atoms with Crippen LogP contribution in [-0.2, 0) is 6.54 Å².